The quantitative estimate of drug-likeness (QED) is 0.733. The van der Waals surface area contributed by atoms with Gasteiger partial charge in [0.25, 0.3) is 0 Å². The van der Waals surface area contributed by atoms with E-state index in [0.717, 1.165) is 16.3 Å². The van der Waals surface area contributed by atoms with Gasteiger partial charge in [-0.15, -0.1) is 0 Å². The Kier molecular flexibility index (Phi) is 3.73. The topological polar surface area (TPSA) is 95.9 Å². The number of rotatable bonds is 6. The molecular formula is C18H19N5O2. The number of hydrogen-bond donors (Lipinski definition) is 1. The minimum absolute atomic E-state index is 0.00748. The van der Waals surface area contributed by atoms with Crippen LogP contribution in [0.25, 0.3) is 10.8 Å². The van der Waals surface area contributed by atoms with Gasteiger partial charge in [0.2, 0.25) is 5.91 Å². The number of pyridine rings is 2. The first kappa shape index (κ1) is 15.7. The highest BCUT2D eigenvalue weighted by atomic mass is 16.5. The molecule has 1 aliphatic carbocycles. The largest absolute Gasteiger partial charge is 0.383 e. The van der Waals surface area contributed by atoms with Gasteiger partial charge in [0.1, 0.15) is 0 Å². The van der Waals surface area contributed by atoms with Crippen molar-refractivity contribution in [2.45, 2.75) is 24.3 Å². The number of hydrogen-bond acceptors (Lipinski definition) is 5. The summed E-state index contributed by atoms with van der Waals surface area (Å²) in [7, 11) is 1.66. The summed E-state index contributed by atoms with van der Waals surface area (Å²) < 4.78 is 6.89. The number of ether oxygens (including phenoxy) is 1. The van der Waals surface area contributed by atoms with Crippen molar-refractivity contribution < 1.29 is 9.53 Å². The van der Waals surface area contributed by atoms with E-state index in [0.29, 0.717) is 25.3 Å². The second kappa shape index (κ2) is 5.93. The summed E-state index contributed by atoms with van der Waals surface area (Å²) in [6.45, 7) is 1.26. The zero-order chi connectivity index (χ0) is 17.4. The van der Waals surface area contributed by atoms with Gasteiger partial charge >= 0.3 is 0 Å². The Morgan fingerprint density at radius 1 is 1.40 bits per heavy atom. The summed E-state index contributed by atoms with van der Waals surface area (Å²) in [5.41, 5.74) is 6.75. The average molecular weight is 337 g/mol. The first-order valence-electron chi connectivity index (χ1n) is 8.16. The third-order valence-electron chi connectivity index (χ3n) is 4.96. The molecule has 1 fully saturated rings. The first-order valence-corrected chi connectivity index (χ1v) is 8.16. The fourth-order valence-electron chi connectivity index (χ4n) is 3.44. The van der Waals surface area contributed by atoms with Crippen LogP contribution < -0.4 is 5.73 Å². The molecule has 0 bridgehead atoms. The molecule has 2 atom stereocenters. The van der Waals surface area contributed by atoms with Crippen LogP contribution >= 0.6 is 0 Å². The molecule has 2 unspecified atom stereocenters. The van der Waals surface area contributed by atoms with Crippen molar-refractivity contribution in [2.24, 2.45) is 5.73 Å². The molecule has 2 N–H and O–H groups in total. The minimum atomic E-state index is -0.757. The molecule has 0 aromatic carbocycles. The molecule has 1 aliphatic rings. The Bertz CT molecular complexity index is 938. The maximum atomic E-state index is 12.3. The van der Waals surface area contributed by atoms with Crippen LogP contribution in [0.3, 0.4) is 0 Å². The third kappa shape index (κ3) is 2.56. The average Bonchev–Trinajstić information content (AvgIpc) is 3.23. The van der Waals surface area contributed by atoms with Gasteiger partial charge < -0.3 is 10.5 Å². The molecule has 0 radical (unpaired) electrons. The van der Waals surface area contributed by atoms with Crippen LogP contribution in [0.15, 0.2) is 43.1 Å². The molecular weight excluding hydrogens is 318 g/mol. The van der Waals surface area contributed by atoms with Gasteiger partial charge in [-0.25, -0.2) is 0 Å². The highest BCUT2D eigenvalue weighted by Gasteiger charge is 2.62. The van der Waals surface area contributed by atoms with Crippen molar-refractivity contribution >= 4 is 16.7 Å². The summed E-state index contributed by atoms with van der Waals surface area (Å²) >= 11 is 0. The summed E-state index contributed by atoms with van der Waals surface area (Å²) in [6, 6.07) is 3.85. The summed E-state index contributed by atoms with van der Waals surface area (Å²) in [5, 5.41) is 6.28. The van der Waals surface area contributed by atoms with Gasteiger partial charge in [0, 0.05) is 43.2 Å². The maximum absolute atomic E-state index is 12.3. The number of amides is 1. The minimum Gasteiger partial charge on any atom is -0.383 e. The number of methoxy groups -OCH3 is 1. The standard InChI is InChI=1S/C18H19N5O2/c1-25-5-4-23-11-14(10-22-23)15-7-18(15,17(19)24)16-6-12-2-3-20-8-13(12)9-21-16/h2-3,6,8-11,15H,4-5,7H2,1H3,(H2,19,24). The fraction of sp³-hybridized carbons (Fsp3) is 0.333. The van der Waals surface area contributed by atoms with Gasteiger partial charge in [-0.1, -0.05) is 0 Å². The van der Waals surface area contributed by atoms with E-state index in [-0.39, 0.29) is 11.8 Å². The van der Waals surface area contributed by atoms with Crippen LogP contribution in [0.2, 0.25) is 0 Å². The lowest BCUT2D eigenvalue weighted by Gasteiger charge is -2.13. The maximum Gasteiger partial charge on any atom is 0.230 e. The lowest BCUT2D eigenvalue weighted by atomic mass is 9.94. The molecule has 1 amide bonds. The van der Waals surface area contributed by atoms with Crippen molar-refractivity contribution in [3.05, 3.63) is 54.4 Å². The molecule has 0 spiro atoms. The molecule has 7 heteroatoms. The summed E-state index contributed by atoms with van der Waals surface area (Å²) in [5.74, 6) is -0.337. The van der Waals surface area contributed by atoms with E-state index < -0.39 is 5.41 Å². The fourth-order valence-corrected chi connectivity index (χ4v) is 3.44. The van der Waals surface area contributed by atoms with Crippen LogP contribution in [-0.4, -0.2) is 39.4 Å². The van der Waals surface area contributed by atoms with Crippen molar-refractivity contribution in [1.82, 2.24) is 19.7 Å². The molecule has 3 aromatic heterocycles. The molecule has 3 heterocycles. The van der Waals surface area contributed by atoms with E-state index in [4.69, 9.17) is 10.5 Å². The second-order valence-electron chi connectivity index (χ2n) is 6.41. The number of carbonyl (C=O) groups excluding carboxylic acids is 1. The Hall–Kier alpha value is -2.80. The SMILES string of the molecule is COCCn1cc(C2CC2(C(N)=O)c2cc3ccncc3cn2)cn1. The number of carbonyl (C=O) groups is 1. The third-order valence-corrected chi connectivity index (χ3v) is 4.96. The Labute approximate surface area is 144 Å². The molecule has 25 heavy (non-hydrogen) atoms. The number of nitrogens with two attached hydrogens (primary N) is 1. The van der Waals surface area contributed by atoms with E-state index in [1.165, 1.54) is 0 Å². The Balaban J connectivity index is 1.67. The molecule has 7 nitrogen and oxygen atoms in total. The van der Waals surface area contributed by atoms with E-state index in [2.05, 4.69) is 15.1 Å². The summed E-state index contributed by atoms with van der Waals surface area (Å²) in [6.07, 6.45) is 9.65. The van der Waals surface area contributed by atoms with Gasteiger partial charge in [-0.05, 0) is 29.5 Å². The van der Waals surface area contributed by atoms with Crippen LogP contribution in [0.5, 0.6) is 0 Å². The molecule has 4 rings (SSSR count). The Morgan fingerprint density at radius 3 is 3.08 bits per heavy atom. The van der Waals surface area contributed by atoms with Gasteiger partial charge in [-0.3, -0.25) is 19.4 Å². The van der Waals surface area contributed by atoms with Crippen molar-refractivity contribution in [2.75, 3.05) is 13.7 Å². The molecule has 0 saturated heterocycles. The number of nitrogens with zero attached hydrogens (tertiary/aromatic N) is 4. The normalized spacial score (nSPS) is 22.2. The summed E-state index contributed by atoms with van der Waals surface area (Å²) in [4.78, 5) is 20.9. The van der Waals surface area contributed by atoms with Crippen LogP contribution in [0.4, 0.5) is 0 Å². The van der Waals surface area contributed by atoms with E-state index in [1.54, 1.807) is 31.9 Å². The van der Waals surface area contributed by atoms with Crippen molar-refractivity contribution in [3.8, 4) is 0 Å². The molecule has 128 valence electrons. The van der Waals surface area contributed by atoms with E-state index in [1.807, 2.05) is 23.0 Å². The van der Waals surface area contributed by atoms with E-state index in [9.17, 15) is 4.79 Å². The van der Waals surface area contributed by atoms with Crippen LogP contribution in [0, 0.1) is 0 Å². The molecule has 0 aliphatic heterocycles. The van der Waals surface area contributed by atoms with Crippen molar-refractivity contribution in [1.29, 1.82) is 0 Å². The molecule has 1 saturated carbocycles. The lowest BCUT2D eigenvalue weighted by Crippen LogP contribution is -2.31. The van der Waals surface area contributed by atoms with Gasteiger partial charge in [-0.2, -0.15) is 5.10 Å². The van der Waals surface area contributed by atoms with Gasteiger partial charge in [0.05, 0.1) is 30.5 Å². The predicted molar refractivity (Wildman–Crippen MR) is 91.9 cm³/mol. The van der Waals surface area contributed by atoms with Crippen molar-refractivity contribution in [3.63, 3.8) is 0 Å². The predicted octanol–water partition coefficient (Wildman–Crippen LogP) is 1.38. The van der Waals surface area contributed by atoms with Crippen LogP contribution in [-0.2, 0) is 21.5 Å². The molecule has 3 aromatic rings. The van der Waals surface area contributed by atoms with Crippen LogP contribution in [0.1, 0.15) is 23.6 Å². The first-order chi connectivity index (χ1) is 12.1. The second-order valence-corrected chi connectivity index (χ2v) is 6.41. The highest BCUT2D eigenvalue weighted by Crippen LogP contribution is 2.59. The number of primary amides is 1. The highest BCUT2D eigenvalue weighted by molar-refractivity contribution is 5.93. The van der Waals surface area contributed by atoms with E-state index >= 15 is 0 Å². The smallest absolute Gasteiger partial charge is 0.230 e. The number of aromatic nitrogens is 4. The van der Waals surface area contributed by atoms with Gasteiger partial charge in [0.15, 0.2) is 0 Å². The zero-order valence-corrected chi connectivity index (χ0v) is 13.9. The Morgan fingerprint density at radius 2 is 2.28 bits per heavy atom. The lowest BCUT2D eigenvalue weighted by molar-refractivity contribution is -0.120. The number of fused-ring (bicyclic) bond motifs is 1. The zero-order valence-electron chi connectivity index (χ0n) is 13.9. The monoisotopic (exact) mass is 337 g/mol.